The smallest absolute Gasteiger partial charge is 0.226 e. The van der Waals surface area contributed by atoms with Crippen molar-refractivity contribution in [2.24, 2.45) is 0 Å². The van der Waals surface area contributed by atoms with Crippen molar-refractivity contribution in [2.45, 2.75) is 39.2 Å². The predicted octanol–water partition coefficient (Wildman–Crippen LogP) is 4.02. The number of likely N-dealkylation sites (N-methyl/N-ethyl adjacent to an activating group) is 1. The average Bonchev–Trinajstić information content (AvgIpc) is 3.10. The zero-order valence-electron chi connectivity index (χ0n) is 16.8. The Balaban J connectivity index is 1.71. The lowest BCUT2D eigenvalue weighted by Gasteiger charge is -2.18. The molecule has 0 spiro atoms. The highest BCUT2D eigenvalue weighted by molar-refractivity contribution is 6.42. The molecule has 1 aromatic carbocycles. The number of rotatable bonds is 5. The van der Waals surface area contributed by atoms with E-state index in [1.54, 1.807) is 19.0 Å². The third kappa shape index (κ3) is 4.65. The van der Waals surface area contributed by atoms with Gasteiger partial charge in [0.05, 0.1) is 16.5 Å². The highest BCUT2D eigenvalue weighted by atomic mass is 35.5. The third-order valence-corrected chi connectivity index (χ3v) is 6.19. The van der Waals surface area contributed by atoms with Gasteiger partial charge in [0.15, 0.2) is 0 Å². The van der Waals surface area contributed by atoms with E-state index in [0.717, 1.165) is 54.4 Å². The van der Waals surface area contributed by atoms with E-state index in [1.807, 2.05) is 32.0 Å². The molecule has 2 heterocycles. The van der Waals surface area contributed by atoms with Crippen molar-refractivity contribution in [3.05, 3.63) is 56.6 Å². The van der Waals surface area contributed by atoms with E-state index in [1.165, 1.54) is 0 Å². The topological polar surface area (TPSA) is 49.3 Å². The van der Waals surface area contributed by atoms with E-state index in [-0.39, 0.29) is 11.8 Å². The molecule has 1 atom stereocenters. The van der Waals surface area contributed by atoms with Crippen molar-refractivity contribution in [1.82, 2.24) is 19.8 Å². The van der Waals surface area contributed by atoms with E-state index in [0.29, 0.717) is 16.5 Å². The van der Waals surface area contributed by atoms with Crippen molar-refractivity contribution in [2.75, 3.05) is 27.2 Å². The number of benzene rings is 1. The lowest BCUT2D eigenvalue weighted by atomic mass is 10.0. The SMILES string of the molecule is Cc1nc([C@H]2CCN(Cc3cccc(Cl)c3Cl)C2)nc(C)c1CC(=O)N(C)C. The molecule has 1 saturated heterocycles. The summed E-state index contributed by atoms with van der Waals surface area (Å²) in [7, 11) is 3.53. The van der Waals surface area contributed by atoms with Crippen molar-refractivity contribution in [1.29, 1.82) is 0 Å². The standard InChI is InChI=1S/C21H26Cl2N4O/c1-13-17(10-19(28)26(3)4)14(2)25-21(24-13)16-8-9-27(12-16)11-15-6-5-7-18(22)20(15)23/h5-7,16H,8-12H2,1-4H3/t16-/m0/s1. The number of aromatic nitrogens is 2. The van der Waals surface area contributed by atoms with Gasteiger partial charge in [-0.2, -0.15) is 0 Å². The van der Waals surface area contributed by atoms with Crippen LogP contribution >= 0.6 is 23.2 Å². The van der Waals surface area contributed by atoms with E-state index in [2.05, 4.69) is 4.90 Å². The Hall–Kier alpha value is -1.69. The molecule has 28 heavy (non-hydrogen) atoms. The molecule has 1 aromatic heterocycles. The van der Waals surface area contributed by atoms with Crippen LogP contribution in [-0.4, -0.2) is 52.9 Å². The predicted molar refractivity (Wildman–Crippen MR) is 113 cm³/mol. The number of likely N-dealkylation sites (tertiary alicyclic amines) is 1. The molecule has 1 aliphatic rings. The molecule has 3 rings (SSSR count). The molecule has 0 unspecified atom stereocenters. The van der Waals surface area contributed by atoms with Crippen molar-refractivity contribution >= 4 is 29.1 Å². The fourth-order valence-electron chi connectivity index (χ4n) is 3.61. The lowest BCUT2D eigenvalue weighted by Crippen LogP contribution is -2.25. The molecule has 0 saturated carbocycles. The Kier molecular flexibility index (Phi) is 6.58. The molecule has 0 N–H and O–H groups in total. The second-order valence-electron chi connectivity index (χ2n) is 7.63. The summed E-state index contributed by atoms with van der Waals surface area (Å²) in [6.45, 7) is 6.56. The fourth-order valence-corrected chi connectivity index (χ4v) is 3.99. The number of carbonyl (C=O) groups excluding carboxylic acids is 1. The van der Waals surface area contributed by atoms with Crippen LogP contribution in [-0.2, 0) is 17.8 Å². The zero-order valence-corrected chi connectivity index (χ0v) is 18.3. The molecule has 0 aliphatic carbocycles. The minimum Gasteiger partial charge on any atom is -0.349 e. The van der Waals surface area contributed by atoms with Crippen LogP contribution in [0.25, 0.3) is 0 Å². The Bertz CT molecular complexity index is 862. The van der Waals surface area contributed by atoms with Gasteiger partial charge < -0.3 is 4.90 Å². The van der Waals surface area contributed by atoms with Crippen LogP contribution in [0.5, 0.6) is 0 Å². The Morgan fingerprint density at radius 3 is 2.54 bits per heavy atom. The number of hydrogen-bond acceptors (Lipinski definition) is 4. The summed E-state index contributed by atoms with van der Waals surface area (Å²) in [6.07, 6.45) is 1.35. The number of halogens is 2. The van der Waals surface area contributed by atoms with Gasteiger partial charge in [0.2, 0.25) is 5.91 Å². The highest BCUT2D eigenvalue weighted by Gasteiger charge is 2.27. The maximum atomic E-state index is 12.1. The molecule has 0 bridgehead atoms. The third-order valence-electron chi connectivity index (χ3n) is 5.33. The van der Waals surface area contributed by atoms with E-state index in [9.17, 15) is 4.79 Å². The fraction of sp³-hybridized carbons (Fsp3) is 0.476. The normalized spacial score (nSPS) is 17.1. The first-order chi connectivity index (χ1) is 13.3. The first kappa shape index (κ1) is 21.0. The second kappa shape index (κ2) is 8.76. The molecule has 7 heteroatoms. The van der Waals surface area contributed by atoms with Gasteiger partial charge in [-0.25, -0.2) is 9.97 Å². The van der Waals surface area contributed by atoms with Gasteiger partial charge >= 0.3 is 0 Å². The van der Waals surface area contributed by atoms with Gasteiger partial charge in [0, 0.05) is 50.1 Å². The van der Waals surface area contributed by atoms with E-state index < -0.39 is 0 Å². The summed E-state index contributed by atoms with van der Waals surface area (Å²) >= 11 is 12.5. The number of hydrogen-bond donors (Lipinski definition) is 0. The molecule has 2 aromatic rings. The minimum atomic E-state index is 0.0630. The van der Waals surface area contributed by atoms with Crippen molar-refractivity contribution in [3.63, 3.8) is 0 Å². The summed E-state index contributed by atoms with van der Waals surface area (Å²) in [6, 6.07) is 5.76. The number of aryl methyl sites for hydroxylation is 2. The molecule has 5 nitrogen and oxygen atoms in total. The Morgan fingerprint density at radius 1 is 1.21 bits per heavy atom. The molecular weight excluding hydrogens is 395 g/mol. The summed E-state index contributed by atoms with van der Waals surface area (Å²) in [4.78, 5) is 25.5. The van der Waals surface area contributed by atoms with Crippen LogP contribution in [0.2, 0.25) is 10.0 Å². The average molecular weight is 421 g/mol. The quantitative estimate of drug-likeness (QED) is 0.732. The van der Waals surface area contributed by atoms with Gasteiger partial charge in [0.25, 0.3) is 0 Å². The molecule has 150 valence electrons. The van der Waals surface area contributed by atoms with Gasteiger partial charge in [0.1, 0.15) is 5.82 Å². The molecular formula is C21H26Cl2N4O. The number of amides is 1. The van der Waals surface area contributed by atoms with Crippen LogP contribution < -0.4 is 0 Å². The first-order valence-electron chi connectivity index (χ1n) is 9.45. The molecule has 1 aliphatic heterocycles. The zero-order chi connectivity index (χ0) is 20.4. The van der Waals surface area contributed by atoms with Gasteiger partial charge in [-0.05, 0) is 38.4 Å². The summed E-state index contributed by atoms with van der Waals surface area (Å²) in [5, 5.41) is 1.22. The van der Waals surface area contributed by atoms with Crippen LogP contribution in [0.1, 0.15) is 40.7 Å². The van der Waals surface area contributed by atoms with Gasteiger partial charge in [-0.1, -0.05) is 35.3 Å². The van der Waals surface area contributed by atoms with E-state index in [4.69, 9.17) is 33.2 Å². The summed E-state index contributed by atoms with van der Waals surface area (Å²) in [5.41, 5.74) is 3.77. The minimum absolute atomic E-state index is 0.0630. The van der Waals surface area contributed by atoms with Gasteiger partial charge in [-0.3, -0.25) is 9.69 Å². The van der Waals surface area contributed by atoms with Gasteiger partial charge in [-0.15, -0.1) is 0 Å². The lowest BCUT2D eigenvalue weighted by molar-refractivity contribution is -0.128. The maximum Gasteiger partial charge on any atom is 0.226 e. The summed E-state index contributed by atoms with van der Waals surface area (Å²) < 4.78 is 0. The largest absolute Gasteiger partial charge is 0.349 e. The monoisotopic (exact) mass is 420 g/mol. The maximum absolute atomic E-state index is 12.1. The molecule has 0 radical (unpaired) electrons. The van der Waals surface area contributed by atoms with Crippen LogP contribution in [0.4, 0.5) is 0 Å². The Labute approximate surface area is 176 Å². The van der Waals surface area contributed by atoms with Crippen molar-refractivity contribution < 1.29 is 4.79 Å². The van der Waals surface area contributed by atoms with Crippen LogP contribution in [0, 0.1) is 13.8 Å². The number of carbonyl (C=O) groups is 1. The van der Waals surface area contributed by atoms with Crippen LogP contribution in [0.3, 0.4) is 0 Å². The highest BCUT2D eigenvalue weighted by Crippen LogP contribution is 2.31. The molecule has 1 amide bonds. The number of nitrogens with zero attached hydrogens (tertiary/aromatic N) is 4. The van der Waals surface area contributed by atoms with Crippen LogP contribution in [0.15, 0.2) is 18.2 Å². The summed E-state index contributed by atoms with van der Waals surface area (Å²) in [5.74, 6) is 1.22. The first-order valence-corrected chi connectivity index (χ1v) is 10.2. The second-order valence-corrected chi connectivity index (χ2v) is 8.41. The molecule has 1 fully saturated rings. The van der Waals surface area contributed by atoms with Crippen molar-refractivity contribution in [3.8, 4) is 0 Å². The Morgan fingerprint density at radius 2 is 1.89 bits per heavy atom. The van der Waals surface area contributed by atoms with E-state index >= 15 is 0 Å².